The number of nitriles is 1. The Kier molecular flexibility index (Phi) is 13.2. The van der Waals surface area contributed by atoms with E-state index in [-0.39, 0.29) is 6.61 Å². The van der Waals surface area contributed by atoms with Crippen molar-refractivity contribution in [2.45, 2.75) is 69.8 Å². The van der Waals surface area contributed by atoms with E-state index in [0.29, 0.717) is 34.2 Å². The highest BCUT2D eigenvalue weighted by atomic mass is 35.5. The summed E-state index contributed by atoms with van der Waals surface area (Å²) in [7, 11) is 0. The molecule has 0 saturated carbocycles. The van der Waals surface area contributed by atoms with Gasteiger partial charge in [0.2, 0.25) is 5.95 Å². The number of hydrogen-bond donors (Lipinski definition) is 2. The molecular formula is C40H48Cl2F3N7O4. The molecule has 0 radical (unpaired) electrons. The molecule has 1 spiro atoms. The summed E-state index contributed by atoms with van der Waals surface area (Å²) in [5.41, 5.74) is 3.32. The van der Waals surface area contributed by atoms with Crippen LogP contribution in [0.25, 0.3) is 0 Å². The summed E-state index contributed by atoms with van der Waals surface area (Å²) in [5, 5.41) is 20.7. The number of alkyl halides is 4. The predicted octanol–water partition coefficient (Wildman–Crippen LogP) is 6.50. The molecule has 1 aromatic heterocycles. The van der Waals surface area contributed by atoms with Crippen molar-refractivity contribution in [1.29, 1.82) is 5.26 Å². The Balaban J connectivity index is 0.000000695. The first-order chi connectivity index (χ1) is 26.7. The third-order valence-corrected chi connectivity index (χ3v) is 12.0. The molecule has 0 amide bonds. The summed E-state index contributed by atoms with van der Waals surface area (Å²) in [4.78, 5) is 26.2. The summed E-state index contributed by atoms with van der Waals surface area (Å²) < 4.78 is 43.5. The molecule has 302 valence electrons. The number of aromatic nitrogens is 2. The van der Waals surface area contributed by atoms with Crippen LogP contribution in [0.4, 0.5) is 19.1 Å². The third kappa shape index (κ3) is 9.80. The van der Waals surface area contributed by atoms with Crippen LogP contribution in [0, 0.1) is 16.7 Å². The first-order valence-electron chi connectivity index (χ1n) is 18.9. The minimum absolute atomic E-state index is 0.285. The molecule has 4 saturated heterocycles. The molecule has 0 atom stereocenters. The lowest BCUT2D eigenvalue weighted by Gasteiger charge is -2.57. The minimum Gasteiger partial charge on any atom is -0.489 e. The summed E-state index contributed by atoms with van der Waals surface area (Å²) in [5.74, 6) is -0.499. The number of piperidine rings is 2. The van der Waals surface area contributed by atoms with Crippen LogP contribution >= 0.6 is 23.2 Å². The van der Waals surface area contributed by atoms with Crippen LogP contribution in [0.15, 0.2) is 48.7 Å². The predicted molar refractivity (Wildman–Crippen MR) is 208 cm³/mol. The van der Waals surface area contributed by atoms with Gasteiger partial charge < -0.3 is 24.8 Å². The minimum atomic E-state index is -5.08. The second-order valence-corrected chi connectivity index (χ2v) is 16.3. The van der Waals surface area contributed by atoms with Crippen LogP contribution in [-0.2, 0) is 16.8 Å². The van der Waals surface area contributed by atoms with E-state index in [2.05, 4.69) is 57.0 Å². The van der Waals surface area contributed by atoms with Crippen LogP contribution in [0.3, 0.4) is 0 Å². The molecule has 2 aromatic carbocycles. The zero-order valence-electron chi connectivity index (χ0n) is 31.6. The van der Waals surface area contributed by atoms with E-state index >= 15 is 0 Å². The number of halogens is 5. The molecule has 4 fully saturated rings. The summed E-state index contributed by atoms with van der Waals surface area (Å²) >= 11 is 12.3. The van der Waals surface area contributed by atoms with Crippen molar-refractivity contribution in [3.05, 3.63) is 76.1 Å². The Bertz CT molecular complexity index is 1850. The van der Waals surface area contributed by atoms with E-state index in [9.17, 15) is 18.4 Å². The van der Waals surface area contributed by atoms with Gasteiger partial charge in [-0.3, -0.25) is 9.80 Å². The largest absolute Gasteiger partial charge is 0.490 e. The number of aliphatic carboxylic acids is 1. The van der Waals surface area contributed by atoms with Gasteiger partial charge in [0.1, 0.15) is 25.0 Å². The Morgan fingerprint density at radius 3 is 2.23 bits per heavy atom. The Labute approximate surface area is 335 Å². The molecule has 11 nitrogen and oxygen atoms in total. The van der Waals surface area contributed by atoms with Gasteiger partial charge in [0.05, 0.1) is 22.2 Å². The van der Waals surface area contributed by atoms with E-state index in [1.165, 1.54) is 65.0 Å². The number of rotatable bonds is 11. The topological polar surface area (TPSA) is 127 Å². The fourth-order valence-electron chi connectivity index (χ4n) is 7.95. The van der Waals surface area contributed by atoms with Gasteiger partial charge in [-0.15, -0.1) is 11.6 Å². The summed E-state index contributed by atoms with van der Waals surface area (Å²) in [6, 6.07) is 17.5. The average Bonchev–Trinajstić information content (AvgIpc) is 3.15. The van der Waals surface area contributed by atoms with Gasteiger partial charge in [0, 0.05) is 76.1 Å². The maximum absolute atomic E-state index is 10.6. The number of likely N-dealkylation sites (tertiary alicyclic amines) is 2. The number of carbonyl (C=O) groups is 1. The lowest BCUT2D eigenvalue weighted by atomic mass is 9.71. The van der Waals surface area contributed by atoms with Crippen LogP contribution < -0.4 is 19.7 Å². The van der Waals surface area contributed by atoms with Crippen LogP contribution in [0.2, 0.25) is 5.02 Å². The number of nitrogens with one attached hydrogen (secondary N) is 1. The molecule has 2 N–H and O–H groups in total. The molecule has 16 heteroatoms. The second kappa shape index (κ2) is 17.7. The van der Waals surface area contributed by atoms with Crippen LogP contribution in [-0.4, -0.2) is 114 Å². The van der Waals surface area contributed by atoms with Crippen LogP contribution in [0.1, 0.15) is 61.9 Å². The van der Waals surface area contributed by atoms with E-state index in [4.69, 9.17) is 47.6 Å². The standard InChI is InChI=1S/C38H47Cl2N7O2.C2HF3O2/c1-37(2,29-19-27(21-41)35(34(40)20-29)48-18-12-39)28-3-5-33(6-4-28)49-24-30-7-13-43-36(44-30)46-16-10-38(11-17-46)25-47(26-38)31-8-14-45(15-9-31)32-22-42-23-32;3-2(4,5)1(6)7/h3-7,13,19-20,31-32,42H,8-12,14-18,22-26H2,1-2H3;(H,6,7). The van der Waals surface area contributed by atoms with Crippen molar-refractivity contribution in [3.8, 4) is 17.6 Å². The average molecular weight is 819 g/mol. The molecule has 0 bridgehead atoms. The van der Waals surface area contributed by atoms with Crippen molar-refractivity contribution in [1.82, 2.24) is 25.1 Å². The number of hydrogen-bond acceptors (Lipinski definition) is 10. The maximum Gasteiger partial charge on any atom is 0.490 e. The molecule has 7 rings (SSSR count). The summed E-state index contributed by atoms with van der Waals surface area (Å²) in [6.07, 6.45) is 1.83. The molecule has 0 unspecified atom stereocenters. The molecule has 4 aliphatic rings. The Morgan fingerprint density at radius 2 is 1.66 bits per heavy atom. The van der Waals surface area contributed by atoms with Gasteiger partial charge in [0.25, 0.3) is 0 Å². The highest BCUT2D eigenvalue weighted by molar-refractivity contribution is 6.32. The number of anilines is 1. The van der Waals surface area contributed by atoms with Gasteiger partial charge in [0.15, 0.2) is 5.75 Å². The lowest BCUT2D eigenvalue weighted by molar-refractivity contribution is -0.192. The number of nitrogens with zero attached hydrogens (tertiary/aromatic N) is 6. The van der Waals surface area contributed by atoms with E-state index < -0.39 is 17.6 Å². The number of carboxylic acids is 1. The summed E-state index contributed by atoms with van der Waals surface area (Å²) in [6.45, 7) is 14.3. The lowest BCUT2D eigenvalue weighted by Crippen LogP contribution is -2.65. The fourth-order valence-corrected chi connectivity index (χ4v) is 8.30. The zero-order chi connectivity index (χ0) is 40.1. The smallest absolute Gasteiger partial charge is 0.489 e. The zero-order valence-corrected chi connectivity index (χ0v) is 33.1. The van der Waals surface area contributed by atoms with E-state index in [0.717, 1.165) is 53.7 Å². The first-order valence-corrected chi connectivity index (χ1v) is 19.8. The number of benzene rings is 2. The molecule has 56 heavy (non-hydrogen) atoms. The highest BCUT2D eigenvalue weighted by Crippen LogP contribution is 2.43. The van der Waals surface area contributed by atoms with E-state index in [1.54, 1.807) is 0 Å². The maximum atomic E-state index is 10.6. The normalized spacial score (nSPS) is 19.3. The monoisotopic (exact) mass is 817 g/mol. The second-order valence-electron chi connectivity index (χ2n) is 15.5. The van der Waals surface area contributed by atoms with E-state index in [1.807, 2.05) is 36.5 Å². The van der Waals surface area contributed by atoms with Crippen molar-refractivity contribution in [2.75, 3.05) is 69.7 Å². The molecule has 0 aliphatic carbocycles. The van der Waals surface area contributed by atoms with Crippen molar-refractivity contribution >= 4 is 35.1 Å². The van der Waals surface area contributed by atoms with Gasteiger partial charge in [-0.25, -0.2) is 14.8 Å². The fraction of sp³-hybridized carbons (Fsp3) is 0.550. The van der Waals surface area contributed by atoms with Gasteiger partial charge >= 0.3 is 12.1 Å². The molecular weight excluding hydrogens is 770 g/mol. The third-order valence-electron chi connectivity index (χ3n) is 11.6. The van der Waals surface area contributed by atoms with Crippen molar-refractivity contribution in [2.24, 2.45) is 5.41 Å². The van der Waals surface area contributed by atoms with Crippen molar-refractivity contribution in [3.63, 3.8) is 0 Å². The van der Waals surface area contributed by atoms with Crippen molar-refractivity contribution < 1.29 is 32.5 Å². The highest BCUT2D eigenvalue weighted by Gasteiger charge is 2.47. The molecule has 5 heterocycles. The number of carboxylic acid groups (broad SMARTS) is 1. The van der Waals surface area contributed by atoms with Crippen LogP contribution in [0.5, 0.6) is 11.5 Å². The quantitative estimate of drug-likeness (QED) is 0.206. The van der Waals surface area contributed by atoms with Gasteiger partial charge in [-0.2, -0.15) is 18.4 Å². The van der Waals surface area contributed by atoms with Gasteiger partial charge in [-0.05, 0) is 72.6 Å². The van der Waals surface area contributed by atoms with Gasteiger partial charge in [-0.1, -0.05) is 37.6 Å². The Morgan fingerprint density at radius 1 is 1.00 bits per heavy atom. The molecule has 4 aliphatic heterocycles. The SMILES string of the molecule is CC(C)(c1ccc(OCc2ccnc(N3CCC4(CC3)CN(C3CCN(C5CNC5)CC3)C4)n2)cc1)c1cc(Cl)c(OCCCl)c(C#N)c1.O=C(O)C(F)(F)F. The Hall–Kier alpha value is -3.87. The first kappa shape index (κ1) is 41.8. The molecule has 3 aromatic rings. The number of ether oxygens (including phenoxy) is 2.